The molecule has 0 aromatic heterocycles. The summed E-state index contributed by atoms with van der Waals surface area (Å²) in [4.78, 5) is 0. The summed E-state index contributed by atoms with van der Waals surface area (Å²) in [5.41, 5.74) is 0. The normalized spacial score (nSPS) is 6.75. The molecular weight excluding hydrogens is 231 g/mol. The SMILES string of the molecule is C=[C](C)[Pt]. The second kappa shape index (κ2) is 1.72. The van der Waals surface area contributed by atoms with E-state index in [1.165, 1.54) is 0 Å². The second-order valence-electron chi connectivity index (χ2n) is 0.623. The van der Waals surface area contributed by atoms with E-state index in [2.05, 4.69) is 26.4 Å². The van der Waals surface area contributed by atoms with Gasteiger partial charge in [-0.1, -0.05) is 0 Å². The van der Waals surface area contributed by atoms with Crippen LogP contribution in [0.2, 0.25) is 0 Å². The first-order valence-corrected chi connectivity index (χ1v) is 2.15. The van der Waals surface area contributed by atoms with E-state index >= 15 is 0 Å². The van der Waals surface area contributed by atoms with Gasteiger partial charge in [0.1, 0.15) is 0 Å². The van der Waals surface area contributed by atoms with Crippen LogP contribution in [-0.4, -0.2) is 0 Å². The standard InChI is InChI=1S/C3H5.Pt/c1-3-2;/h1H2,2H3;. The fourth-order valence-corrected chi connectivity index (χ4v) is 0. The Morgan fingerprint density at radius 2 is 2.00 bits per heavy atom. The maximum atomic E-state index is 3.54. The van der Waals surface area contributed by atoms with Crippen LogP contribution in [0.3, 0.4) is 0 Å². The van der Waals surface area contributed by atoms with Gasteiger partial charge in [0.2, 0.25) is 0 Å². The second-order valence-corrected chi connectivity index (χ2v) is 2.56. The fraction of sp³-hybridized carbons (Fsp3) is 0.333. The van der Waals surface area contributed by atoms with Crippen LogP contribution < -0.4 is 0 Å². The first-order chi connectivity index (χ1) is 1.73. The van der Waals surface area contributed by atoms with Gasteiger partial charge < -0.3 is 0 Å². The van der Waals surface area contributed by atoms with Crippen LogP contribution in [-0.2, 0) is 19.8 Å². The van der Waals surface area contributed by atoms with Crippen molar-refractivity contribution in [1.29, 1.82) is 0 Å². The Labute approximate surface area is 37.8 Å². The average molecular weight is 236 g/mol. The zero-order valence-electron chi connectivity index (χ0n) is 2.52. The molecule has 0 amide bonds. The topological polar surface area (TPSA) is 0 Å². The van der Waals surface area contributed by atoms with Crippen LogP contribution in [0.1, 0.15) is 6.92 Å². The molecule has 0 bridgehead atoms. The Kier molecular flexibility index (Phi) is 1.90. The summed E-state index contributed by atoms with van der Waals surface area (Å²) in [6, 6.07) is 0. The molecule has 0 rings (SSSR count). The van der Waals surface area contributed by atoms with Gasteiger partial charge in [-0.05, 0) is 0 Å². The fourth-order valence-electron chi connectivity index (χ4n) is 0. The van der Waals surface area contributed by atoms with Crippen molar-refractivity contribution in [3.05, 3.63) is 10.5 Å². The molecule has 0 atom stereocenters. The van der Waals surface area contributed by atoms with E-state index in [0.717, 1.165) is 3.96 Å². The van der Waals surface area contributed by atoms with Crippen LogP contribution in [0.15, 0.2) is 10.5 Å². The third kappa shape index (κ3) is 27.0. The van der Waals surface area contributed by atoms with Crippen LogP contribution in [0.5, 0.6) is 0 Å². The minimum atomic E-state index is 1.14. The molecule has 0 unspecified atom stereocenters. The predicted molar refractivity (Wildman–Crippen MR) is 14.8 cm³/mol. The molecule has 0 saturated carbocycles. The number of hydrogen-bond donors (Lipinski definition) is 0. The molecule has 0 aliphatic heterocycles. The van der Waals surface area contributed by atoms with Gasteiger partial charge in [-0.2, -0.15) is 0 Å². The van der Waals surface area contributed by atoms with E-state index in [0.29, 0.717) is 0 Å². The Bertz CT molecular complexity index is 26.3. The molecule has 0 heterocycles. The van der Waals surface area contributed by atoms with E-state index in [4.69, 9.17) is 0 Å². The van der Waals surface area contributed by atoms with Crippen LogP contribution >= 0.6 is 0 Å². The van der Waals surface area contributed by atoms with Crippen LogP contribution in [0.25, 0.3) is 0 Å². The van der Waals surface area contributed by atoms with Crippen molar-refractivity contribution in [1.82, 2.24) is 0 Å². The molecule has 0 spiro atoms. The molecule has 0 saturated heterocycles. The summed E-state index contributed by atoms with van der Waals surface area (Å²) < 4.78 is 1.14. The number of rotatable bonds is 0. The number of allylic oxidation sites excluding steroid dienone is 1. The summed E-state index contributed by atoms with van der Waals surface area (Å²) in [6.45, 7) is 5.50. The van der Waals surface area contributed by atoms with Gasteiger partial charge in [0.25, 0.3) is 0 Å². The Hall–Kier alpha value is 0.428. The van der Waals surface area contributed by atoms with E-state index in [1.54, 1.807) is 0 Å². The van der Waals surface area contributed by atoms with E-state index in [-0.39, 0.29) is 0 Å². The van der Waals surface area contributed by atoms with Gasteiger partial charge in [0.15, 0.2) is 0 Å². The van der Waals surface area contributed by atoms with Gasteiger partial charge in [-0.3, -0.25) is 0 Å². The van der Waals surface area contributed by atoms with Crippen molar-refractivity contribution in [2.75, 3.05) is 0 Å². The predicted octanol–water partition coefficient (Wildman–Crippen LogP) is 1.07. The molecule has 0 aliphatic rings. The van der Waals surface area contributed by atoms with Gasteiger partial charge in [0.05, 0.1) is 0 Å². The summed E-state index contributed by atoms with van der Waals surface area (Å²) in [5.74, 6) is 0. The summed E-state index contributed by atoms with van der Waals surface area (Å²) in [6.07, 6.45) is 0. The quantitative estimate of drug-likeness (QED) is 0.590. The molecule has 1 heteroatoms. The van der Waals surface area contributed by atoms with Crippen molar-refractivity contribution in [3.63, 3.8) is 0 Å². The van der Waals surface area contributed by atoms with Gasteiger partial charge in [0, 0.05) is 0 Å². The van der Waals surface area contributed by atoms with Crippen molar-refractivity contribution in [2.24, 2.45) is 0 Å². The Morgan fingerprint density at radius 1 is 2.00 bits per heavy atom. The third-order valence-corrected chi connectivity index (χ3v) is 0. The van der Waals surface area contributed by atoms with Crippen molar-refractivity contribution < 1.29 is 19.8 Å². The number of hydrogen-bond acceptors (Lipinski definition) is 0. The van der Waals surface area contributed by atoms with Crippen LogP contribution in [0.4, 0.5) is 0 Å². The molecular formula is C3H5Pt. The van der Waals surface area contributed by atoms with E-state index in [9.17, 15) is 0 Å². The minimum absolute atomic E-state index is 1.14. The molecule has 0 radical (unpaired) electrons. The molecule has 0 aromatic rings. The Balaban J connectivity index is 2.80. The van der Waals surface area contributed by atoms with Crippen molar-refractivity contribution in [2.45, 2.75) is 6.92 Å². The van der Waals surface area contributed by atoms with E-state index < -0.39 is 0 Å². The molecule has 0 aliphatic carbocycles. The first kappa shape index (κ1) is 4.43. The van der Waals surface area contributed by atoms with Crippen LogP contribution in [0, 0.1) is 0 Å². The molecule has 0 N–H and O–H groups in total. The zero-order chi connectivity index (χ0) is 3.58. The van der Waals surface area contributed by atoms with Crippen molar-refractivity contribution in [3.8, 4) is 0 Å². The molecule has 27 valence electrons. The summed E-state index contributed by atoms with van der Waals surface area (Å²) in [7, 11) is 0. The average Bonchev–Trinajstić information content (AvgIpc) is 0.811. The Morgan fingerprint density at radius 3 is 2.00 bits per heavy atom. The summed E-state index contributed by atoms with van der Waals surface area (Å²) >= 11 is 2.14. The molecule has 0 fully saturated rings. The molecule has 0 nitrogen and oxygen atoms in total. The zero-order valence-corrected chi connectivity index (χ0v) is 4.80. The van der Waals surface area contributed by atoms with Crippen molar-refractivity contribution >= 4 is 0 Å². The third-order valence-electron chi connectivity index (χ3n) is 0. The van der Waals surface area contributed by atoms with Gasteiger partial charge in [-0.25, -0.2) is 0 Å². The van der Waals surface area contributed by atoms with Gasteiger partial charge in [-0.15, -0.1) is 0 Å². The van der Waals surface area contributed by atoms with E-state index in [1.807, 2.05) is 6.92 Å². The summed E-state index contributed by atoms with van der Waals surface area (Å²) in [5, 5.41) is 0. The molecule has 0 aromatic carbocycles. The monoisotopic (exact) mass is 236 g/mol. The van der Waals surface area contributed by atoms with Gasteiger partial charge >= 0.3 is 37.3 Å². The molecule has 4 heavy (non-hydrogen) atoms. The first-order valence-electron chi connectivity index (χ1n) is 1.01. The maximum absolute atomic E-state index is 3.54.